The van der Waals surface area contributed by atoms with E-state index in [0.29, 0.717) is 5.56 Å². The number of nitrogens with zero attached hydrogens (tertiary/aromatic N) is 3. The van der Waals surface area contributed by atoms with Crippen LogP contribution in [0.5, 0.6) is 0 Å². The van der Waals surface area contributed by atoms with Crippen molar-refractivity contribution in [2.45, 2.75) is 13.8 Å². The van der Waals surface area contributed by atoms with E-state index in [1.165, 1.54) is 6.08 Å². The second-order valence-electron chi connectivity index (χ2n) is 4.84. The molecule has 106 valence electrons. The molecular weight excluding hydrogens is 264 g/mol. The molecule has 1 aromatic heterocycles. The SMILES string of the molecule is Cc1cccc(C)c1NC(=O)/C(C#N)=C/c1cnn(C)c1. The maximum atomic E-state index is 12.2. The summed E-state index contributed by atoms with van der Waals surface area (Å²) in [4.78, 5) is 12.2. The lowest BCUT2D eigenvalue weighted by molar-refractivity contribution is -0.112. The highest BCUT2D eigenvalue weighted by Gasteiger charge is 2.12. The fourth-order valence-electron chi connectivity index (χ4n) is 2.02. The second-order valence-corrected chi connectivity index (χ2v) is 4.84. The highest BCUT2D eigenvalue weighted by atomic mass is 16.1. The molecular formula is C16H16N4O. The molecule has 5 nitrogen and oxygen atoms in total. The average molecular weight is 280 g/mol. The van der Waals surface area contributed by atoms with Crippen LogP contribution in [0.15, 0.2) is 36.2 Å². The summed E-state index contributed by atoms with van der Waals surface area (Å²) in [5.74, 6) is -0.418. The monoisotopic (exact) mass is 280 g/mol. The predicted octanol–water partition coefficient (Wildman–Crippen LogP) is 2.58. The smallest absolute Gasteiger partial charge is 0.266 e. The first-order chi connectivity index (χ1) is 10.0. The number of para-hydroxylation sites is 1. The van der Waals surface area contributed by atoms with Crippen molar-refractivity contribution in [1.82, 2.24) is 9.78 Å². The zero-order valence-corrected chi connectivity index (χ0v) is 12.2. The van der Waals surface area contributed by atoms with E-state index >= 15 is 0 Å². The summed E-state index contributed by atoms with van der Waals surface area (Å²) < 4.78 is 1.62. The van der Waals surface area contributed by atoms with Gasteiger partial charge in [-0.05, 0) is 31.1 Å². The minimum absolute atomic E-state index is 0.0469. The summed E-state index contributed by atoms with van der Waals surface area (Å²) in [7, 11) is 1.78. The Morgan fingerprint density at radius 1 is 1.38 bits per heavy atom. The number of carbonyl (C=O) groups excluding carboxylic acids is 1. The minimum Gasteiger partial charge on any atom is -0.321 e. The Morgan fingerprint density at radius 3 is 2.57 bits per heavy atom. The molecule has 1 heterocycles. The Hall–Kier alpha value is -2.87. The van der Waals surface area contributed by atoms with E-state index in [2.05, 4.69) is 10.4 Å². The Morgan fingerprint density at radius 2 is 2.05 bits per heavy atom. The van der Waals surface area contributed by atoms with Crippen LogP contribution in [-0.4, -0.2) is 15.7 Å². The number of amides is 1. The molecule has 2 rings (SSSR count). The molecule has 1 N–H and O–H groups in total. The predicted molar refractivity (Wildman–Crippen MR) is 81.3 cm³/mol. The largest absolute Gasteiger partial charge is 0.321 e. The molecule has 0 unspecified atom stereocenters. The van der Waals surface area contributed by atoms with Gasteiger partial charge >= 0.3 is 0 Å². The van der Waals surface area contributed by atoms with E-state index < -0.39 is 5.91 Å². The molecule has 0 saturated heterocycles. The third kappa shape index (κ3) is 3.37. The van der Waals surface area contributed by atoms with Crippen LogP contribution in [0, 0.1) is 25.2 Å². The van der Waals surface area contributed by atoms with Gasteiger partial charge in [0.15, 0.2) is 0 Å². The topological polar surface area (TPSA) is 70.7 Å². The molecule has 21 heavy (non-hydrogen) atoms. The maximum Gasteiger partial charge on any atom is 0.266 e. The Bertz CT molecular complexity index is 730. The van der Waals surface area contributed by atoms with Crippen LogP contribution < -0.4 is 5.32 Å². The number of hydrogen-bond acceptors (Lipinski definition) is 3. The molecule has 0 aliphatic heterocycles. The van der Waals surface area contributed by atoms with Crippen LogP contribution in [0.2, 0.25) is 0 Å². The number of aromatic nitrogens is 2. The van der Waals surface area contributed by atoms with E-state index in [1.54, 1.807) is 24.1 Å². The first kappa shape index (κ1) is 14.5. The van der Waals surface area contributed by atoms with Crippen LogP contribution in [0.4, 0.5) is 5.69 Å². The van der Waals surface area contributed by atoms with Crippen molar-refractivity contribution in [3.05, 3.63) is 52.9 Å². The van der Waals surface area contributed by atoms with Gasteiger partial charge in [0.1, 0.15) is 11.6 Å². The number of nitriles is 1. The molecule has 1 aromatic carbocycles. The quantitative estimate of drug-likeness (QED) is 0.694. The number of rotatable bonds is 3. The third-order valence-corrected chi connectivity index (χ3v) is 3.12. The second kappa shape index (κ2) is 6.06. The molecule has 0 spiro atoms. The summed E-state index contributed by atoms with van der Waals surface area (Å²) in [6.45, 7) is 3.83. The summed E-state index contributed by atoms with van der Waals surface area (Å²) in [5, 5.41) is 16.0. The first-order valence-electron chi connectivity index (χ1n) is 6.49. The van der Waals surface area contributed by atoms with Gasteiger partial charge in [-0.1, -0.05) is 18.2 Å². The van der Waals surface area contributed by atoms with Crippen LogP contribution in [-0.2, 0) is 11.8 Å². The van der Waals surface area contributed by atoms with Gasteiger partial charge in [-0.25, -0.2) is 0 Å². The lowest BCUT2D eigenvalue weighted by Crippen LogP contribution is -2.15. The lowest BCUT2D eigenvalue weighted by atomic mass is 10.1. The normalized spacial score (nSPS) is 11.0. The van der Waals surface area contributed by atoms with E-state index in [9.17, 15) is 10.1 Å². The van der Waals surface area contributed by atoms with Gasteiger partial charge in [-0.3, -0.25) is 9.48 Å². The van der Waals surface area contributed by atoms with Gasteiger partial charge in [-0.2, -0.15) is 10.4 Å². The van der Waals surface area contributed by atoms with Crippen molar-refractivity contribution < 1.29 is 4.79 Å². The Labute approximate surface area is 123 Å². The molecule has 0 radical (unpaired) electrons. The minimum atomic E-state index is -0.418. The number of carbonyl (C=O) groups is 1. The number of anilines is 1. The highest BCUT2D eigenvalue weighted by Crippen LogP contribution is 2.20. The summed E-state index contributed by atoms with van der Waals surface area (Å²) in [5.41, 5.74) is 3.43. The van der Waals surface area contributed by atoms with E-state index in [-0.39, 0.29) is 5.57 Å². The Balaban J connectivity index is 2.26. The van der Waals surface area contributed by atoms with Crippen molar-refractivity contribution in [2.75, 3.05) is 5.32 Å². The fraction of sp³-hybridized carbons (Fsp3) is 0.188. The summed E-state index contributed by atoms with van der Waals surface area (Å²) in [6, 6.07) is 7.69. The van der Waals surface area contributed by atoms with Crippen LogP contribution >= 0.6 is 0 Å². The van der Waals surface area contributed by atoms with Crippen molar-refractivity contribution in [3.8, 4) is 6.07 Å². The average Bonchev–Trinajstić information content (AvgIpc) is 2.85. The van der Waals surface area contributed by atoms with Gasteiger partial charge in [0, 0.05) is 24.5 Å². The van der Waals surface area contributed by atoms with Crippen LogP contribution in [0.1, 0.15) is 16.7 Å². The lowest BCUT2D eigenvalue weighted by Gasteiger charge is -2.10. The zero-order valence-electron chi connectivity index (χ0n) is 12.2. The zero-order chi connectivity index (χ0) is 15.4. The molecule has 2 aromatic rings. The van der Waals surface area contributed by atoms with Gasteiger partial charge in [0.05, 0.1) is 6.20 Å². The molecule has 0 aliphatic carbocycles. The first-order valence-corrected chi connectivity index (χ1v) is 6.49. The van der Waals surface area contributed by atoms with Crippen molar-refractivity contribution in [3.63, 3.8) is 0 Å². The molecule has 1 amide bonds. The van der Waals surface area contributed by atoms with E-state index in [1.807, 2.05) is 38.1 Å². The summed E-state index contributed by atoms with van der Waals surface area (Å²) in [6.07, 6.45) is 4.86. The number of hydrogen-bond donors (Lipinski definition) is 1. The maximum absolute atomic E-state index is 12.2. The van der Waals surface area contributed by atoms with Gasteiger partial charge in [0.2, 0.25) is 0 Å². The van der Waals surface area contributed by atoms with Crippen molar-refractivity contribution in [2.24, 2.45) is 7.05 Å². The van der Waals surface area contributed by atoms with Gasteiger partial charge < -0.3 is 5.32 Å². The van der Waals surface area contributed by atoms with E-state index in [4.69, 9.17) is 0 Å². The fourth-order valence-corrected chi connectivity index (χ4v) is 2.02. The molecule has 0 bridgehead atoms. The molecule has 0 saturated carbocycles. The number of aryl methyl sites for hydroxylation is 3. The number of benzene rings is 1. The van der Waals surface area contributed by atoms with Crippen LogP contribution in [0.25, 0.3) is 6.08 Å². The van der Waals surface area contributed by atoms with Crippen LogP contribution in [0.3, 0.4) is 0 Å². The van der Waals surface area contributed by atoms with Crippen molar-refractivity contribution in [1.29, 1.82) is 5.26 Å². The highest BCUT2D eigenvalue weighted by molar-refractivity contribution is 6.10. The van der Waals surface area contributed by atoms with Gasteiger partial charge in [0.25, 0.3) is 5.91 Å². The van der Waals surface area contributed by atoms with Gasteiger partial charge in [-0.15, -0.1) is 0 Å². The standard InChI is InChI=1S/C16H16N4O/c1-11-5-4-6-12(2)15(11)19-16(21)14(8-17)7-13-9-18-20(3)10-13/h4-7,9-10H,1-3H3,(H,19,21)/b14-7+. The summed E-state index contributed by atoms with van der Waals surface area (Å²) >= 11 is 0. The van der Waals surface area contributed by atoms with Crippen molar-refractivity contribution >= 4 is 17.7 Å². The third-order valence-electron chi connectivity index (χ3n) is 3.12. The molecule has 0 fully saturated rings. The molecule has 0 aliphatic rings. The molecule has 0 atom stereocenters. The van der Waals surface area contributed by atoms with E-state index in [0.717, 1.165) is 16.8 Å². The Kier molecular flexibility index (Phi) is 4.19. The number of nitrogens with one attached hydrogen (secondary N) is 1. The molecule has 5 heteroatoms.